The molecule has 1 aromatic carbocycles. The van der Waals surface area contributed by atoms with Gasteiger partial charge in [0.1, 0.15) is 10.9 Å². The normalized spacial score (nSPS) is 16.8. The van der Waals surface area contributed by atoms with E-state index in [1.54, 1.807) is 24.1 Å². The second-order valence-corrected chi connectivity index (χ2v) is 7.00. The lowest BCUT2D eigenvalue weighted by Gasteiger charge is -2.31. The lowest BCUT2D eigenvalue weighted by atomic mass is 9.97. The van der Waals surface area contributed by atoms with E-state index >= 15 is 0 Å². The molecule has 1 aliphatic heterocycles. The van der Waals surface area contributed by atoms with Crippen molar-refractivity contribution in [3.05, 3.63) is 59.1 Å². The number of para-hydroxylation sites is 1. The molecule has 7 nitrogen and oxygen atoms in total. The monoisotopic (exact) mass is 398 g/mol. The molecule has 1 aliphatic rings. The standard InChI is InChI=1S/C20H19ClN4O3/c1-27-16-7-3-2-6-15(16)19-23-18(24-28-19)14-5-4-10-25(12-14)20(26)13-8-9-22-17(21)11-13/h2-3,6-9,11,14H,4-5,10,12H2,1H3/t14-/m0/s1. The number of hydrogen-bond donors (Lipinski definition) is 0. The van der Waals surface area contributed by atoms with Gasteiger partial charge in [-0.15, -0.1) is 0 Å². The highest BCUT2D eigenvalue weighted by Gasteiger charge is 2.29. The summed E-state index contributed by atoms with van der Waals surface area (Å²) in [7, 11) is 1.60. The summed E-state index contributed by atoms with van der Waals surface area (Å²) in [6.45, 7) is 1.22. The molecule has 0 radical (unpaired) electrons. The number of piperidine rings is 1. The minimum Gasteiger partial charge on any atom is -0.496 e. The van der Waals surface area contributed by atoms with Gasteiger partial charge in [-0.2, -0.15) is 4.98 Å². The average molecular weight is 399 g/mol. The van der Waals surface area contributed by atoms with Crippen molar-refractivity contribution < 1.29 is 14.1 Å². The highest BCUT2D eigenvalue weighted by Crippen LogP contribution is 2.31. The number of aromatic nitrogens is 3. The van der Waals surface area contributed by atoms with Crippen molar-refractivity contribution in [3.63, 3.8) is 0 Å². The summed E-state index contributed by atoms with van der Waals surface area (Å²) in [4.78, 5) is 23.1. The van der Waals surface area contributed by atoms with E-state index in [0.717, 1.165) is 18.4 Å². The Bertz CT molecular complexity index is 991. The van der Waals surface area contributed by atoms with Gasteiger partial charge in [-0.05, 0) is 37.1 Å². The third-order valence-corrected chi connectivity index (χ3v) is 5.03. The maximum Gasteiger partial charge on any atom is 0.261 e. The third-order valence-electron chi connectivity index (χ3n) is 4.83. The number of carbonyl (C=O) groups excluding carboxylic acids is 1. The molecule has 0 spiro atoms. The number of rotatable bonds is 4. The fourth-order valence-electron chi connectivity index (χ4n) is 3.42. The van der Waals surface area contributed by atoms with E-state index in [4.69, 9.17) is 20.9 Å². The first-order valence-electron chi connectivity index (χ1n) is 9.03. The Morgan fingerprint density at radius 2 is 2.18 bits per heavy atom. The van der Waals surface area contributed by atoms with Gasteiger partial charge in [-0.25, -0.2) is 4.98 Å². The van der Waals surface area contributed by atoms with Gasteiger partial charge >= 0.3 is 0 Å². The number of carbonyl (C=O) groups is 1. The molecule has 1 amide bonds. The first kappa shape index (κ1) is 18.4. The number of pyridine rings is 1. The van der Waals surface area contributed by atoms with Gasteiger partial charge in [0.25, 0.3) is 11.8 Å². The number of benzene rings is 1. The van der Waals surface area contributed by atoms with Crippen molar-refractivity contribution in [2.75, 3.05) is 20.2 Å². The summed E-state index contributed by atoms with van der Waals surface area (Å²) in [6, 6.07) is 10.8. The second-order valence-electron chi connectivity index (χ2n) is 6.62. The summed E-state index contributed by atoms with van der Waals surface area (Å²) in [5.74, 6) is 1.64. The van der Waals surface area contributed by atoms with Crippen molar-refractivity contribution in [1.29, 1.82) is 0 Å². The molecule has 1 fully saturated rings. The predicted octanol–water partition coefficient (Wildman–Crippen LogP) is 3.81. The molecule has 28 heavy (non-hydrogen) atoms. The van der Waals surface area contributed by atoms with E-state index in [1.807, 2.05) is 24.3 Å². The van der Waals surface area contributed by atoms with E-state index in [-0.39, 0.29) is 11.8 Å². The average Bonchev–Trinajstić information content (AvgIpc) is 3.23. The molecule has 8 heteroatoms. The zero-order valence-corrected chi connectivity index (χ0v) is 16.1. The van der Waals surface area contributed by atoms with E-state index < -0.39 is 0 Å². The quantitative estimate of drug-likeness (QED) is 0.621. The third kappa shape index (κ3) is 3.71. The van der Waals surface area contributed by atoms with Crippen LogP contribution in [-0.4, -0.2) is 46.1 Å². The Labute approximate surface area is 167 Å². The van der Waals surface area contributed by atoms with Crippen LogP contribution >= 0.6 is 11.6 Å². The fourth-order valence-corrected chi connectivity index (χ4v) is 3.60. The molecular formula is C20H19ClN4O3. The topological polar surface area (TPSA) is 81.4 Å². The van der Waals surface area contributed by atoms with Crippen molar-refractivity contribution in [3.8, 4) is 17.2 Å². The number of nitrogens with zero attached hydrogens (tertiary/aromatic N) is 4. The van der Waals surface area contributed by atoms with Crippen LogP contribution in [0.2, 0.25) is 5.15 Å². The highest BCUT2D eigenvalue weighted by molar-refractivity contribution is 6.29. The molecule has 1 saturated heterocycles. The number of hydrogen-bond acceptors (Lipinski definition) is 6. The molecule has 3 aromatic rings. The predicted molar refractivity (Wildman–Crippen MR) is 103 cm³/mol. The molecule has 0 N–H and O–H groups in total. The Morgan fingerprint density at radius 1 is 1.32 bits per heavy atom. The number of likely N-dealkylation sites (tertiary alicyclic amines) is 1. The molecule has 0 unspecified atom stereocenters. The summed E-state index contributed by atoms with van der Waals surface area (Å²) in [6.07, 6.45) is 3.30. The van der Waals surface area contributed by atoms with Crippen LogP contribution in [0.15, 0.2) is 47.1 Å². The molecule has 0 saturated carbocycles. The Morgan fingerprint density at radius 3 is 3.00 bits per heavy atom. The number of methoxy groups -OCH3 is 1. The number of ether oxygens (including phenoxy) is 1. The molecule has 0 aliphatic carbocycles. The van der Waals surface area contributed by atoms with Gasteiger partial charge in [-0.1, -0.05) is 28.9 Å². The number of halogens is 1. The summed E-state index contributed by atoms with van der Waals surface area (Å²) in [5, 5.41) is 4.47. The Balaban J connectivity index is 1.52. The van der Waals surface area contributed by atoms with Crippen LogP contribution in [0.25, 0.3) is 11.5 Å². The molecule has 0 bridgehead atoms. The van der Waals surface area contributed by atoms with Crippen LogP contribution < -0.4 is 4.74 Å². The minimum atomic E-state index is -0.0672. The zero-order valence-electron chi connectivity index (χ0n) is 15.3. The van der Waals surface area contributed by atoms with Crippen molar-refractivity contribution in [2.24, 2.45) is 0 Å². The van der Waals surface area contributed by atoms with Crippen molar-refractivity contribution in [1.82, 2.24) is 20.0 Å². The molecule has 144 valence electrons. The maximum atomic E-state index is 12.8. The van der Waals surface area contributed by atoms with E-state index in [2.05, 4.69) is 15.1 Å². The van der Waals surface area contributed by atoms with Crippen LogP contribution in [-0.2, 0) is 0 Å². The van der Waals surface area contributed by atoms with Crippen molar-refractivity contribution >= 4 is 17.5 Å². The smallest absolute Gasteiger partial charge is 0.261 e. The van der Waals surface area contributed by atoms with E-state index in [0.29, 0.717) is 41.3 Å². The summed E-state index contributed by atoms with van der Waals surface area (Å²) >= 11 is 5.91. The van der Waals surface area contributed by atoms with Gasteiger partial charge in [0.15, 0.2) is 5.82 Å². The van der Waals surface area contributed by atoms with Crippen LogP contribution in [0, 0.1) is 0 Å². The Kier molecular flexibility index (Phi) is 5.25. The van der Waals surface area contributed by atoms with E-state index in [9.17, 15) is 4.79 Å². The number of amides is 1. The lowest BCUT2D eigenvalue weighted by molar-refractivity contribution is 0.0703. The maximum absolute atomic E-state index is 12.8. The lowest BCUT2D eigenvalue weighted by Crippen LogP contribution is -2.39. The van der Waals surface area contributed by atoms with Crippen LogP contribution in [0.5, 0.6) is 5.75 Å². The zero-order chi connectivity index (χ0) is 19.5. The van der Waals surface area contributed by atoms with Crippen LogP contribution in [0.4, 0.5) is 0 Å². The fraction of sp³-hybridized carbons (Fsp3) is 0.300. The SMILES string of the molecule is COc1ccccc1-c1nc([C@H]2CCCN(C(=O)c3ccnc(Cl)c3)C2)no1. The minimum absolute atomic E-state index is 0.0159. The van der Waals surface area contributed by atoms with Gasteiger partial charge in [0, 0.05) is 30.8 Å². The molecule has 3 heterocycles. The first-order valence-corrected chi connectivity index (χ1v) is 9.41. The molecular weight excluding hydrogens is 380 g/mol. The first-order chi connectivity index (χ1) is 13.7. The molecule has 4 rings (SSSR count). The second kappa shape index (κ2) is 7.98. The molecule has 2 aromatic heterocycles. The van der Waals surface area contributed by atoms with Gasteiger partial charge in [-0.3, -0.25) is 4.79 Å². The van der Waals surface area contributed by atoms with Crippen molar-refractivity contribution in [2.45, 2.75) is 18.8 Å². The van der Waals surface area contributed by atoms with Crippen LogP contribution in [0.1, 0.15) is 34.9 Å². The van der Waals surface area contributed by atoms with Gasteiger partial charge in [0.05, 0.1) is 12.7 Å². The summed E-state index contributed by atoms with van der Waals surface area (Å²) < 4.78 is 10.8. The molecule has 1 atom stereocenters. The Hall–Kier alpha value is -2.93. The van der Waals surface area contributed by atoms with Gasteiger partial charge < -0.3 is 14.2 Å². The van der Waals surface area contributed by atoms with Crippen LogP contribution in [0.3, 0.4) is 0 Å². The van der Waals surface area contributed by atoms with E-state index in [1.165, 1.54) is 6.20 Å². The largest absolute Gasteiger partial charge is 0.496 e. The highest BCUT2D eigenvalue weighted by atomic mass is 35.5. The van der Waals surface area contributed by atoms with Gasteiger partial charge in [0.2, 0.25) is 0 Å². The summed E-state index contributed by atoms with van der Waals surface area (Å²) in [5.41, 5.74) is 1.28.